The van der Waals surface area contributed by atoms with E-state index in [2.05, 4.69) is 12.2 Å². The lowest BCUT2D eigenvalue weighted by atomic mass is 10.1. The van der Waals surface area contributed by atoms with Crippen molar-refractivity contribution in [2.75, 3.05) is 52.6 Å². The van der Waals surface area contributed by atoms with E-state index in [9.17, 15) is 4.79 Å². The molecule has 0 unspecified atom stereocenters. The van der Waals surface area contributed by atoms with Gasteiger partial charge in [0.05, 0.1) is 26.4 Å². The minimum absolute atomic E-state index is 0.0382. The van der Waals surface area contributed by atoms with Gasteiger partial charge in [0.25, 0.3) is 0 Å². The van der Waals surface area contributed by atoms with E-state index in [0.717, 1.165) is 12.8 Å². The Hall–Kier alpha value is -0.730. The van der Waals surface area contributed by atoms with Gasteiger partial charge in [0.2, 0.25) is 5.91 Å². The second-order valence-corrected chi connectivity index (χ2v) is 6.60. The molecule has 0 aromatic rings. The van der Waals surface area contributed by atoms with Crippen LogP contribution < -0.4 is 5.32 Å². The smallest absolute Gasteiger partial charge is 0.222 e. The van der Waals surface area contributed by atoms with Crippen molar-refractivity contribution in [1.82, 2.24) is 10.2 Å². The molecule has 5 N–H and O–H groups in total. The highest BCUT2D eigenvalue weighted by Gasteiger charge is 2.11. The molecule has 0 saturated heterocycles. The van der Waals surface area contributed by atoms with Crippen LogP contribution in [0, 0.1) is 0 Å². The number of carbonyl (C=O) groups is 1. The van der Waals surface area contributed by atoms with Gasteiger partial charge in [-0.05, 0) is 6.42 Å². The fourth-order valence-electron chi connectivity index (χ4n) is 2.63. The van der Waals surface area contributed by atoms with Crippen LogP contribution in [0.1, 0.15) is 71.1 Å². The van der Waals surface area contributed by atoms with Crippen molar-refractivity contribution >= 4 is 5.91 Å². The van der Waals surface area contributed by atoms with Gasteiger partial charge >= 0.3 is 0 Å². The molecule has 0 radical (unpaired) electrons. The summed E-state index contributed by atoms with van der Waals surface area (Å²) in [7, 11) is 0. The van der Waals surface area contributed by atoms with Gasteiger partial charge in [0.1, 0.15) is 0 Å². The molecule has 27 heavy (non-hydrogen) atoms. The molecule has 0 aliphatic heterocycles. The van der Waals surface area contributed by atoms with E-state index in [-0.39, 0.29) is 32.3 Å². The van der Waals surface area contributed by atoms with Crippen LogP contribution in [0.4, 0.5) is 0 Å². The van der Waals surface area contributed by atoms with Crippen LogP contribution in [0.25, 0.3) is 0 Å². The number of aliphatic hydroxyl groups excluding tert-OH is 4. The molecule has 0 fully saturated rings. The SMILES string of the molecule is CCCCCCCCCCCC(=O)N(CCO)CCO.OCCNCCO. The Morgan fingerprint density at radius 1 is 0.704 bits per heavy atom. The number of carbonyl (C=O) groups excluding carboxylic acids is 1. The zero-order chi connectivity index (χ0) is 20.6. The highest BCUT2D eigenvalue weighted by Crippen LogP contribution is 2.11. The first kappa shape index (κ1) is 28.5. The fraction of sp³-hybridized carbons (Fsp3) is 0.950. The first-order valence-corrected chi connectivity index (χ1v) is 10.6. The van der Waals surface area contributed by atoms with Crippen LogP contribution in [-0.4, -0.2) is 83.8 Å². The second-order valence-electron chi connectivity index (χ2n) is 6.60. The number of amides is 1. The second kappa shape index (κ2) is 25.3. The average Bonchev–Trinajstić information content (AvgIpc) is 2.67. The maximum Gasteiger partial charge on any atom is 0.222 e. The number of nitrogens with one attached hydrogen (secondary N) is 1. The van der Waals surface area contributed by atoms with E-state index in [0.29, 0.717) is 32.6 Å². The number of rotatable bonds is 18. The van der Waals surface area contributed by atoms with Gasteiger partial charge in [-0.25, -0.2) is 0 Å². The van der Waals surface area contributed by atoms with Crippen LogP contribution >= 0.6 is 0 Å². The van der Waals surface area contributed by atoms with E-state index in [1.807, 2.05) is 0 Å². The number of unbranched alkanes of at least 4 members (excludes halogenated alkanes) is 8. The van der Waals surface area contributed by atoms with E-state index < -0.39 is 0 Å². The van der Waals surface area contributed by atoms with Gasteiger partial charge in [-0.15, -0.1) is 0 Å². The zero-order valence-electron chi connectivity index (χ0n) is 17.4. The summed E-state index contributed by atoms with van der Waals surface area (Å²) in [6, 6.07) is 0. The Bertz CT molecular complexity index is 284. The minimum atomic E-state index is -0.0382. The predicted molar refractivity (Wildman–Crippen MR) is 110 cm³/mol. The van der Waals surface area contributed by atoms with Gasteiger partial charge in [0.15, 0.2) is 0 Å². The van der Waals surface area contributed by atoms with E-state index in [1.54, 1.807) is 4.90 Å². The Morgan fingerprint density at radius 3 is 1.56 bits per heavy atom. The third kappa shape index (κ3) is 23.2. The molecule has 0 rings (SSSR count). The quantitative estimate of drug-likeness (QED) is 0.225. The summed E-state index contributed by atoms with van der Waals surface area (Å²) in [4.78, 5) is 13.4. The van der Waals surface area contributed by atoms with Gasteiger partial charge in [0, 0.05) is 32.6 Å². The van der Waals surface area contributed by atoms with E-state index in [4.69, 9.17) is 20.4 Å². The topological polar surface area (TPSA) is 113 Å². The predicted octanol–water partition coefficient (Wildman–Crippen LogP) is 1.28. The van der Waals surface area contributed by atoms with Gasteiger partial charge in [-0.2, -0.15) is 0 Å². The van der Waals surface area contributed by atoms with Crippen molar-refractivity contribution in [2.24, 2.45) is 0 Å². The van der Waals surface area contributed by atoms with Crippen molar-refractivity contribution in [3.63, 3.8) is 0 Å². The summed E-state index contributed by atoms with van der Waals surface area (Å²) >= 11 is 0. The van der Waals surface area contributed by atoms with E-state index >= 15 is 0 Å². The number of hydrogen-bond donors (Lipinski definition) is 5. The first-order chi connectivity index (χ1) is 13.2. The third-order valence-corrected chi connectivity index (χ3v) is 4.16. The van der Waals surface area contributed by atoms with Crippen molar-refractivity contribution in [3.8, 4) is 0 Å². The summed E-state index contributed by atoms with van der Waals surface area (Å²) in [5, 5.41) is 36.8. The lowest BCUT2D eigenvalue weighted by Gasteiger charge is -2.20. The molecule has 164 valence electrons. The van der Waals surface area contributed by atoms with Crippen molar-refractivity contribution in [3.05, 3.63) is 0 Å². The number of hydrogen-bond acceptors (Lipinski definition) is 6. The highest BCUT2D eigenvalue weighted by molar-refractivity contribution is 5.76. The molecule has 0 atom stereocenters. The van der Waals surface area contributed by atoms with Gasteiger partial charge < -0.3 is 30.6 Å². The largest absolute Gasteiger partial charge is 0.395 e. The zero-order valence-corrected chi connectivity index (χ0v) is 17.4. The van der Waals surface area contributed by atoms with Crippen LogP contribution in [0.2, 0.25) is 0 Å². The van der Waals surface area contributed by atoms with Crippen LogP contribution in [-0.2, 0) is 4.79 Å². The lowest BCUT2D eigenvalue weighted by Crippen LogP contribution is -2.35. The van der Waals surface area contributed by atoms with Gasteiger partial charge in [-0.1, -0.05) is 58.3 Å². The Labute approximate surface area is 165 Å². The maximum atomic E-state index is 11.8. The van der Waals surface area contributed by atoms with Crippen LogP contribution in [0.15, 0.2) is 0 Å². The Balaban J connectivity index is 0. The third-order valence-electron chi connectivity index (χ3n) is 4.16. The average molecular weight is 393 g/mol. The fourth-order valence-corrected chi connectivity index (χ4v) is 2.63. The number of aliphatic hydroxyl groups is 4. The van der Waals surface area contributed by atoms with E-state index in [1.165, 1.54) is 44.9 Å². The first-order valence-electron chi connectivity index (χ1n) is 10.6. The molecule has 0 saturated carbocycles. The minimum Gasteiger partial charge on any atom is -0.395 e. The molecule has 7 nitrogen and oxygen atoms in total. The molecule has 0 aromatic carbocycles. The van der Waals surface area contributed by atoms with Crippen molar-refractivity contribution in [2.45, 2.75) is 71.1 Å². The van der Waals surface area contributed by atoms with Crippen molar-refractivity contribution < 1.29 is 25.2 Å². The maximum absolute atomic E-state index is 11.8. The van der Waals surface area contributed by atoms with Crippen molar-refractivity contribution in [1.29, 1.82) is 0 Å². The summed E-state index contributed by atoms with van der Waals surface area (Å²) in [5.74, 6) is 0.0519. The summed E-state index contributed by atoms with van der Waals surface area (Å²) < 4.78 is 0. The molecule has 0 aliphatic carbocycles. The molecule has 7 heteroatoms. The molecule has 0 aromatic heterocycles. The standard InChI is InChI=1S/C16H33NO3.C4H11NO2/c1-2-3-4-5-6-7-8-9-10-11-16(20)17(12-14-18)13-15-19;6-3-1-5-2-4-7/h18-19H,2-15H2,1H3;5-7H,1-4H2. The summed E-state index contributed by atoms with van der Waals surface area (Å²) in [6.07, 6.45) is 11.7. The Kier molecular flexibility index (Phi) is 26.7. The summed E-state index contributed by atoms with van der Waals surface area (Å²) in [5.41, 5.74) is 0. The molecule has 0 aliphatic rings. The molecular weight excluding hydrogens is 348 g/mol. The van der Waals surface area contributed by atoms with Gasteiger partial charge in [-0.3, -0.25) is 4.79 Å². The monoisotopic (exact) mass is 392 g/mol. The molecular formula is C20H44N2O5. The molecule has 0 bridgehead atoms. The van der Waals surface area contributed by atoms with Crippen LogP contribution in [0.5, 0.6) is 0 Å². The highest BCUT2D eigenvalue weighted by atomic mass is 16.3. The Morgan fingerprint density at radius 2 is 1.15 bits per heavy atom. The lowest BCUT2D eigenvalue weighted by molar-refractivity contribution is -0.132. The molecule has 0 spiro atoms. The number of nitrogens with zero attached hydrogens (tertiary/aromatic N) is 1. The van der Waals surface area contributed by atoms with Crippen LogP contribution in [0.3, 0.4) is 0 Å². The molecule has 1 amide bonds. The summed E-state index contributed by atoms with van der Waals surface area (Å²) in [6.45, 7) is 4.23. The molecule has 0 heterocycles. The normalized spacial score (nSPS) is 10.4.